The molecule has 0 amide bonds. The molecule has 1 aromatic carbocycles. The number of alkyl halides is 4. The smallest absolute Gasteiger partial charge is 0.330 e. The lowest BCUT2D eigenvalue weighted by Gasteiger charge is -2.19. The maximum absolute atomic E-state index is 13.7. The van der Waals surface area contributed by atoms with Crippen molar-refractivity contribution in [2.75, 3.05) is 6.54 Å². The van der Waals surface area contributed by atoms with Crippen molar-refractivity contribution >= 4 is 0 Å². The molecule has 1 rings (SSSR count). The standard InChI is InChI=1S/C11H13F4N/c1-7(6-16)10(12)8-4-2-3-5-9(8)11(13,14)15/h2-5,7,10H,6,16H2,1H3. The quantitative estimate of drug-likeness (QED) is 0.799. The summed E-state index contributed by atoms with van der Waals surface area (Å²) in [4.78, 5) is 0. The van der Waals surface area contributed by atoms with Crippen LogP contribution in [0.2, 0.25) is 0 Å². The number of halogens is 4. The maximum Gasteiger partial charge on any atom is 0.416 e. The topological polar surface area (TPSA) is 26.0 Å². The lowest BCUT2D eigenvalue weighted by Crippen LogP contribution is -2.19. The van der Waals surface area contributed by atoms with Gasteiger partial charge in [0.05, 0.1) is 5.56 Å². The molecule has 0 saturated carbocycles. The summed E-state index contributed by atoms with van der Waals surface area (Å²) in [6, 6.07) is 4.66. The number of hydrogen-bond donors (Lipinski definition) is 1. The van der Waals surface area contributed by atoms with Crippen molar-refractivity contribution in [2.24, 2.45) is 11.7 Å². The third kappa shape index (κ3) is 2.72. The zero-order valence-electron chi connectivity index (χ0n) is 8.76. The highest BCUT2D eigenvalue weighted by atomic mass is 19.4. The highest BCUT2D eigenvalue weighted by molar-refractivity contribution is 5.31. The van der Waals surface area contributed by atoms with Gasteiger partial charge in [0, 0.05) is 5.92 Å². The van der Waals surface area contributed by atoms with E-state index in [0.29, 0.717) is 0 Å². The van der Waals surface area contributed by atoms with Gasteiger partial charge in [0.2, 0.25) is 0 Å². The van der Waals surface area contributed by atoms with Crippen molar-refractivity contribution in [1.82, 2.24) is 0 Å². The Kier molecular flexibility index (Phi) is 3.91. The minimum absolute atomic E-state index is 0.00730. The fourth-order valence-electron chi connectivity index (χ4n) is 1.42. The van der Waals surface area contributed by atoms with Gasteiger partial charge in [0.25, 0.3) is 0 Å². The van der Waals surface area contributed by atoms with E-state index >= 15 is 0 Å². The Morgan fingerprint density at radius 3 is 2.31 bits per heavy atom. The molecule has 0 fully saturated rings. The van der Waals surface area contributed by atoms with Crippen LogP contribution in [0.15, 0.2) is 24.3 Å². The molecule has 0 aliphatic carbocycles. The first-order chi connectivity index (χ1) is 7.38. The van der Waals surface area contributed by atoms with Crippen molar-refractivity contribution in [3.8, 4) is 0 Å². The normalized spacial score (nSPS) is 15.9. The molecule has 1 nitrogen and oxygen atoms in total. The largest absolute Gasteiger partial charge is 0.416 e. The van der Waals surface area contributed by atoms with E-state index in [1.807, 2.05) is 0 Å². The van der Waals surface area contributed by atoms with Crippen molar-refractivity contribution < 1.29 is 17.6 Å². The Labute approximate surface area is 91.3 Å². The molecular weight excluding hydrogens is 222 g/mol. The predicted octanol–water partition coefficient (Wildman–Crippen LogP) is 3.31. The lowest BCUT2D eigenvalue weighted by molar-refractivity contribution is -0.139. The first-order valence-corrected chi connectivity index (χ1v) is 4.88. The molecule has 5 heteroatoms. The van der Waals surface area contributed by atoms with Gasteiger partial charge in [0.1, 0.15) is 6.17 Å². The van der Waals surface area contributed by atoms with Crippen LogP contribution in [0, 0.1) is 5.92 Å². The van der Waals surface area contributed by atoms with Crippen molar-refractivity contribution in [1.29, 1.82) is 0 Å². The molecule has 0 radical (unpaired) electrons. The molecule has 16 heavy (non-hydrogen) atoms. The second-order valence-corrected chi connectivity index (χ2v) is 3.70. The predicted molar refractivity (Wildman–Crippen MR) is 53.5 cm³/mol. The maximum atomic E-state index is 13.7. The average molecular weight is 235 g/mol. The summed E-state index contributed by atoms with van der Waals surface area (Å²) >= 11 is 0. The molecule has 0 aliphatic heterocycles. The van der Waals surface area contributed by atoms with Crippen molar-refractivity contribution in [3.05, 3.63) is 35.4 Å². The average Bonchev–Trinajstić information content (AvgIpc) is 2.26. The lowest BCUT2D eigenvalue weighted by atomic mass is 9.94. The van der Waals surface area contributed by atoms with Gasteiger partial charge in [-0.05, 0) is 18.2 Å². The number of hydrogen-bond acceptors (Lipinski definition) is 1. The second-order valence-electron chi connectivity index (χ2n) is 3.70. The van der Waals surface area contributed by atoms with E-state index in [9.17, 15) is 17.6 Å². The first kappa shape index (κ1) is 13.0. The third-order valence-corrected chi connectivity index (χ3v) is 2.43. The molecular formula is C11H13F4N. The minimum Gasteiger partial charge on any atom is -0.330 e. The summed E-state index contributed by atoms with van der Waals surface area (Å²) in [6.45, 7) is 1.49. The Morgan fingerprint density at radius 1 is 1.25 bits per heavy atom. The van der Waals surface area contributed by atoms with Gasteiger partial charge in [-0.3, -0.25) is 0 Å². The van der Waals surface area contributed by atoms with Crippen LogP contribution in [-0.4, -0.2) is 6.54 Å². The highest BCUT2D eigenvalue weighted by Gasteiger charge is 2.35. The Balaban J connectivity index is 3.13. The number of benzene rings is 1. The monoisotopic (exact) mass is 235 g/mol. The van der Waals surface area contributed by atoms with Crippen molar-refractivity contribution in [2.45, 2.75) is 19.3 Å². The summed E-state index contributed by atoms with van der Waals surface area (Å²) in [5, 5.41) is 0. The fourth-order valence-corrected chi connectivity index (χ4v) is 1.42. The van der Waals surface area contributed by atoms with Gasteiger partial charge in [-0.15, -0.1) is 0 Å². The van der Waals surface area contributed by atoms with Gasteiger partial charge in [-0.1, -0.05) is 25.1 Å². The van der Waals surface area contributed by atoms with Crippen LogP contribution < -0.4 is 5.73 Å². The molecule has 0 aliphatic rings. The van der Waals surface area contributed by atoms with Crippen LogP contribution in [0.5, 0.6) is 0 Å². The van der Waals surface area contributed by atoms with Crippen LogP contribution in [-0.2, 0) is 6.18 Å². The van der Waals surface area contributed by atoms with Crippen LogP contribution in [0.3, 0.4) is 0 Å². The summed E-state index contributed by atoms with van der Waals surface area (Å²) in [7, 11) is 0. The Morgan fingerprint density at radius 2 is 1.81 bits per heavy atom. The Bertz CT molecular complexity index is 348. The van der Waals surface area contributed by atoms with Crippen LogP contribution in [0.4, 0.5) is 17.6 Å². The summed E-state index contributed by atoms with van der Waals surface area (Å²) < 4.78 is 51.5. The van der Waals surface area contributed by atoms with Gasteiger partial charge in [-0.25, -0.2) is 4.39 Å². The van der Waals surface area contributed by atoms with E-state index < -0.39 is 23.8 Å². The first-order valence-electron chi connectivity index (χ1n) is 4.88. The van der Waals surface area contributed by atoms with E-state index in [1.165, 1.54) is 19.1 Å². The molecule has 0 bridgehead atoms. The zero-order chi connectivity index (χ0) is 12.3. The molecule has 2 atom stereocenters. The van der Waals surface area contributed by atoms with Crippen molar-refractivity contribution in [3.63, 3.8) is 0 Å². The summed E-state index contributed by atoms with van der Waals surface area (Å²) in [5.41, 5.74) is 3.98. The van der Waals surface area contributed by atoms with E-state index in [1.54, 1.807) is 0 Å². The fraction of sp³-hybridized carbons (Fsp3) is 0.455. The molecule has 0 heterocycles. The SMILES string of the molecule is CC(CN)C(F)c1ccccc1C(F)(F)F. The zero-order valence-corrected chi connectivity index (χ0v) is 8.76. The van der Waals surface area contributed by atoms with Crippen LogP contribution in [0.25, 0.3) is 0 Å². The van der Waals surface area contributed by atoms with Gasteiger partial charge < -0.3 is 5.73 Å². The van der Waals surface area contributed by atoms with Gasteiger partial charge in [0.15, 0.2) is 0 Å². The second kappa shape index (κ2) is 4.82. The van der Waals surface area contributed by atoms with E-state index in [-0.39, 0.29) is 12.1 Å². The molecule has 0 saturated heterocycles. The van der Waals surface area contributed by atoms with E-state index in [4.69, 9.17) is 5.73 Å². The number of nitrogens with two attached hydrogens (primary N) is 1. The minimum atomic E-state index is -4.53. The van der Waals surface area contributed by atoms with Crippen LogP contribution in [0.1, 0.15) is 24.2 Å². The third-order valence-electron chi connectivity index (χ3n) is 2.43. The molecule has 0 aromatic heterocycles. The molecule has 2 unspecified atom stereocenters. The summed E-state index contributed by atoms with van der Waals surface area (Å²) in [5.74, 6) is -0.636. The van der Waals surface area contributed by atoms with E-state index in [0.717, 1.165) is 12.1 Å². The van der Waals surface area contributed by atoms with Crippen LogP contribution >= 0.6 is 0 Å². The highest BCUT2D eigenvalue weighted by Crippen LogP contribution is 2.37. The number of rotatable bonds is 3. The molecule has 0 spiro atoms. The van der Waals surface area contributed by atoms with E-state index in [2.05, 4.69) is 0 Å². The molecule has 2 N–H and O–H groups in total. The molecule has 90 valence electrons. The van der Waals surface area contributed by atoms with Gasteiger partial charge >= 0.3 is 6.18 Å². The molecule has 1 aromatic rings. The van der Waals surface area contributed by atoms with Gasteiger partial charge in [-0.2, -0.15) is 13.2 Å². The Hall–Kier alpha value is -1.10. The summed E-state index contributed by atoms with van der Waals surface area (Å²) in [6.07, 6.45) is -6.22.